The number of fused-ring (bicyclic) bond motifs is 4. The van der Waals surface area contributed by atoms with Crippen LogP contribution in [-0.2, 0) is 10.8 Å². The molecular formula is C48H76N2O. The zero-order chi connectivity index (χ0) is 39.8. The number of hydrogen-bond acceptors (Lipinski definition) is 3. The maximum Gasteiger partial charge on any atom is 0.0454 e. The molecular weight excluding hydrogens is 621 g/mol. The summed E-state index contributed by atoms with van der Waals surface area (Å²) in [6, 6.07) is 26.3. The fourth-order valence-electron chi connectivity index (χ4n) is 6.28. The monoisotopic (exact) mass is 697 g/mol. The van der Waals surface area contributed by atoms with Crippen molar-refractivity contribution in [1.29, 1.82) is 0 Å². The Kier molecular flexibility index (Phi) is 25.2. The van der Waals surface area contributed by atoms with Crippen molar-refractivity contribution in [3.05, 3.63) is 120 Å². The maximum atomic E-state index is 7.00. The van der Waals surface area contributed by atoms with Crippen LogP contribution in [0.5, 0.6) is 0 Å². The van der Waals surface area contributed by atoms with Crippen LogP contribution in [0.4, 0.5) is 11.4 Å². The highest BCUT2D eigenvalue weighted by Crippen LogP contribution is 2.50. The quantitative estimate of drug-likeness (QED) is 0.197. The van der Waals surface area contributed by atoms with Crippen LogP contribution in [0, 0.1) is 5.92 Å². The van der Waals surface area contributed by atoms with Gasteiger partial charge < -0.3 is 15.3 Å². The van der Waals surface area contributed by atoms with Crippen molar-refractivity contribution in [2.75, 3.05) is 31.4 Å². The lowest BCUT2D eigenvalue weighted by molar-refractivity contribution is 0.399. The molecule has 1 aliphatic heterocycles. The minimum absolute atomic E-state index is 0.0433. The molecule has 0 spiro atoms. The first-order chi connectivity index (χ1) is 24.6. The molecule has 0 bridgehead atoms. The van der Waals surface area contributed by atoms with Gasteiger partial charge in [0.05, 0.1) is 0 Å². The van der Waals surface area contributed by atoms with Gasteiger partial charge in [-0.2, -0.15) is 0 Å². The summed E-state index contributed by atoms with van der Waals surface area (Å²) in [5.74, 6) is 0.346. The molecule has 3 nitrogen and oxygen atoms in total. The lowest BCUT2D eigenvalue weighted by Crippen LogP contribution is -2.26. The van der Waals surface area contributed by atoms with E-state index in [9.17, 15) is 0 Å². The van der Waals surface area contributed by atoms with E-state index >= 15 is 0 Å². The number of likely N-dealkylation sites (N-methyl/N-ethyl adjacent to an activating group) is 1. The van der Waals surface area contributed by atoms with Crippen molar-refractivity contribution >= 4 is 32.9 Å². The highest BCUT2D eigenvalue weighted by Gasteiger charge is 2.39. The minimum atomic E-state index is -0.0633. The van der Waals surface area contributed by atoms with Gasteiger partial charge in [-0.25, -0.2) is 0 Å². The molecule has 0 aliphatic carbocycles. The maximum absolute atomic E-state index is 7.00. The summed E-state index contributed by atoms with van der Waals surface area (Å²) in [5, 5.41) is 15.7. The van der Waals surface area contributed by atoms with Gasteiger partial charge >= 0.3 is 0 Å². The lowest BCUT2D eigenvalue weighted by atomic mass is 9.71. The van der Waals surface area contributed by atoms with Crippen molar-refractivity contribution < 1.29 is 5.11 Å². The summed E-state index contributed by atoms with van der Waals surface area (Å²) in [6.07, 6.45) is 12.4. The van der Waals surface area contributed by atoms with Crippen molar-refractivity contribution in [2.24, 2.45) is 5.92 Å². The molecule has 0 aromatic heterocycles. The molecule has 0 saturated carbocycles. The molecule has 2 N–H and O–H groups in total. The Bertz CT molecular complexity index is 1610. The molecule has 1 atom stereocenters. The third-order valence-electron chi connectivity index (χ3n) is 8.75. The van der Waals surface area contributed by atoms with Gasteiger partial charge in [0, 0.05) is 43.7 Å². The van der Waals surface area contributed by atoms with Gasteiger partial charge in [-0.1, -0.05) is 195 Å². The lowest BCUT2D eigenvalue weighted by Gasteiger charge is -2.33. The van der Waals surface area contributed by atoms with Gasteiger partial charge in [0.15, 0.2) is 0 Å². The van der Waals surface area contributed by atoms with Crippen molar-refractivity contribution in [2.45, 2.75) is 121 Å². The van der Waals surface area contributed by atoms with Crippen LogP contribution in [0.3, 0.4) is 0 Å². The van der Waals surface area contributed by atoms with E-state index in [2.05, 4.69) is 169 Å². The van der Waals surface area contributed by atoms with E-state index in [-0.39, 0.29) is 10.8 Å². The first-order valence-corrected chi connectivity index (χ1v) is 19.6. The summed E-state index contributed by atoms with van der Waals surface area (Å²) in [5.41, 5.74) is 6.50. The molecule has 0 radical (unpaired) electrons. The number of rotatable bonds is 6. The summed E-state index contributed by atoms with van der Waals surface area (Å²) in [6.45, 7) is 32.0. The predicted octanol–water partition coefficient (Wildman–Crippen LogP) is 14.5. The summed E-state index contributed by atoms with van der Waals surface area (Å²) >= 11 is 0. The molecule has 4 aromatic rings. The second-order valence-electron chi connectivity index (χ2n) is 12.4. The molecule has 1 heterocycles. The van der Waals surface area contributed by atoms with E-state index < -0.39 is 0 Å². The van der Waals surface area contributed by atoms with E-state index in [4.69, 9.17) is 5.11 Å². The van der Waals surface area contributed by atoms with Crippen LogP contribution in [-0.4, -0.2) is 26.3 Å². The summed E-state index contributed by atoms with van der Waals surface area (Å²) < 4.78 is 0. The smallest absolute Gasteiger partial charge is 0.0454 e. The van der Waals surface area contributed by atoms with Crippen molar-refractivity contribution in [3.63, 3.8) is 0 Å². The van der Waals surface area contributed by atoms with E-state index in [1.54, 1.807) is 0 Å². The molecule has 1 unspecified atom stereocenters. The number of anilines is 2. The van der Waals surface area contributed by atoms with Gasteiger partial charge in [0.1, 0.15) is 0 Å². The Morgan fingerprint density at radius 1 is 0.725 bits per heavy atom. The van der Waals surface area contributed by atoms with Crippen LogP contribution < -0.4 is 10.2 Å². The first-order valence-electron chi connectivity index (χ1n) is 19.6. The van der Waals surface area contributed by atoms with Crippen LogP contribution in [0.15, 0.2) is 109 Å². The van der Waals surface area contributed by atoms with Gasteiger partial charge in [-0.15, -0.1) is 0 Å². The molecule has 0 fully saturated rings. The Morgan fingerprint density at radius 3 is 1.73 bits per heavy atom. The normalized spacial score (nSPS) is 13.8. The first kappa shape index (κ1) is 49.3. The number of aliphatic hydroxyl groups is 1. The molecule has 51 heavy (non-hydrogen) atoms. The average molecular weight is 697 g/mol. The van der Waals surface area contributed by atoms with E-state index in [1.807, 2.05) is 62.4 Å². The summed E-state index contributed by atoms with van der Waals surface area (Å²) in [7, 11) is 5.20. The number of hydrogen-bond donors (Lipinski definition) is 2. The van der Waals surface area contributed by atoms with Gasteiger partial charge in [-0.05, 0) is 62.2 Å². The molecule has 3 heteroatoms. The Labute approximate surface area is 315 Å². The fraction of sp³-hybridized carbons (Fsp3) is 0.458. The second kappa shape index (κ2) is 26.0. The summed E-state index contributed by atoms with van der Waals surface area (Å²) in [4.78, 5) is 2.35. The predicted molar refractivity (Wildman–Crippen MR) is 237 cm³/mol. The van der Waals surface area contributed by atoms with E-state index in [0.717, 1.165) is 7.11 Å². The topological polar surface area (TPSA) is 35.5 Å². The van der Waals surface area contributed by atoms with Crippen LogP contribution >= 0.6 is 0 Å². The third kappa shape index (κ3) is 12.1. The van der Waals surface area contributed by atoms with Gasteiger partial charge in [0.2, 0.25) is 0 Å². The van der Waals surface area contributed by atoms with Crippen LogP contribution in [0.25, 0.3) is 21.5 Å². The Hall–Kier alpha value is -3.82. The minimum Gasteiger partial charge on any atom is -0.400 e. The third-order valence-corrected chi connectivity index (χ3v) is 8.75. The number of nitrogens with one attached hydrogen (secondary N) is 1. The molecule has 284 valence electrons. The highest BCUT2D eigenvalue weighted by molar-refractivity contribution is 5.95. The number of nitrogens with zero attached hydrogens (tertiary/aromatic N) is 1. The number of allylic oxidation sites excluding steroid dienone is 6. The van der Waals surface area contributed by atoms with E-state index in [1.165, 1.54) is 56.2 Å². The van der Waals surface area contributed by atoms with Crippen molar-refractivity contribution in [1.82, 2.24) is 0 Å². The van der Waals surface area contributed by atoms with Gasteiger partial charge in [0.25, 0.3) is 0 Å². The van der Waals surface area contributed by atoms with Crippen LogP contribution in [0.1, 0.15) is 121 Å². The molecule has 5 rings (SSSR count). The SMILES string of the molecule is CC.CC.CC.CC.CCC.CNc1ccc2ccccc2c1C(C)(C)C(C)/C=C/C=C/C=C1/N(C)c2ccc3ccccc3c2C1(C)C.CO. The van der Waals surface area contributed by atoms with E-state index in [0.29, 0.717) is 5.92 Å². The number of aliphatic hydroxyl groups excluding tert-OH is 1. The highest BCUT2D eigenvalue weighted by atomic mass is 16.2. The zero-order valence-electron chi connectivity index (χ0n) is 36.0. The van der Waals surface area contributed by atoms with Gasteiger partial charge in [-0.3, -0.25) is 0 Å². The molecule has 0 amide bonds. The average Bonchev–Trinajstić information content (AvgIpc) is 3.38. The Morgan fingerprint density at radius 2 is 1.20 bits per heavy atom. The number of benzene rings is 4. The van der Waals surface area contributed by atoms with Crippen LogP contribution in [0.2, 0.25) is 0 Å². The molecule has 1 aliphatic rings. The Balaban J connectivity index is 0. The van der Waals surface area contributed by atoms with Crippen molar-refractivity contribution in [3.8, 4) is 0 Å². The largest absolute Gasteiger partial charge is 0.400 e. The molecule has 4 aromatic carbocycles. The standard InChI is InChI=1S/C36H40N2.C3H8.4C2H6.CH4O/c1-25(35(2,3)33-28-18-13-11-16-26(28)21-23-30(33)37-6)15-9-8-10-20-32-36(4,5)34-29-19-14-12-17-27(29)22-24-31(34)38(32)7;1-3-2;5*1-2/h8-25,37H,1-7H3;3H2,1-2H3;4*1-2H3;2H,1H3/b10-8+,15-9+,32-20+;;;;;;. The molecule has 0 saturated heterocycles. The second-order valence-corrected chi connectivity index (χ2v) is 12.4. The zero-order valence-corrected chi connectivity index (χ0v) is 36.0. The fourth-order valence-corrected chi connectivity index (χ4v) is 6.28.